The van der Waals surface area contributed by atoms with Gasteiger partial charge in [0.15, 0.2) is 5.82 Å². The van der Waals surface area contributed by atoms with E-state index < -0.39 is 20.7 Å². The van der Waals surface area contributed by atoms with E-state index in [1.165, 1.54) is 24.7 Å². The zero-order valence-electron chi connectivity index (χ0n) is 17.6. The van der Waals surface area contributed by atoms with Gasteiger partial charge in [-0.25, -0.2) is 22.8 Å². The van der Waals surface area contributed by atoms with E-state index in [2.05, 4.69) is 26.7 Å². The molecule has 0 aliphatic heterocycles. The lowest BCUT2D eigenvalue weighted by atomic mass is 9.78. The minimum Gasteiger partial charge on any atom is -0.488 e. The number of halogens is 2. The smallest absolute Gasteiger partial charge is 0.266 e. The zero-order chi connectivity index (χ0) is 22.9. The average molecular weight is 480 g/mol. The van der Waals surface area contributed by atoms with E-state index in [1.807, 2.05) is 17.8 Å². The van der Waals surface area contributed by atoms with Crippen molar-refractivity contribution in [3.05, 3.63) is 59.5 Å². The number of hydrogen-bond acceptors (Lipinski definition) is 6. The maximum Gasteiger partial charge on any atom is 0.266 e. The van der Waals surface area contributed by atoms with Crippen molar-refractivity contribution in [3.63, 3.8) is 0 Å². The van der Waals surface area contributed by atoms with Crippen molar-refractivity contribution in [1.29, 1.82) is 0 Å². The summed E-state index contributed by atoms with van der Waals surface area (Å²) in [6, 6.07) is 5.85. The predicted octanol–water partition coefficient (Wildman–Crippen LogP) is 4.15. The maximum absolute atomic E-state index is 15.1. The average Bonchev–Trinajstić information content (AvgIpc) is 3.18. The van der Waals surface area contributed by atoms with Crippen molar-refractivity contribution in [3.8, 4) is 5.75 Å². The number of ether oxygens (including phenoxy) is 1. The first-order valence-corrected chi connectivity index (χ1v) is 12.1. The Hall–Kier alpha value is -2.72. The summed E-state index contributed by atoms with van der Waals surface area (Å²) in [6.07, 6.45) is 6.96. The Bertz CT molecular complexity index is 1210. The number of aryl methyl sites for hydroxylation is 1. The number of rotatable bonds is 6. The molecule has 1 saturated carbocycles. The molecular weight excluding hydrogens is 457 g/mol. The first kappa shape index (κ1) is 22.5. The first-order chi connectivity index (χ1) is 15.3. The molecule has 1 aliphatic rings. The fraction of sp³-hybridized carbons (Fsp3) is 0.381. The highest BCUT2D eigenvalue weighted by Gasteiger charge is 2.36. The van der Waals surface area contributed by atoms with Crippen LogP contribution in [0.4, 0.5) is 10.2 Å². The molecule has 170 valence electrons. The van der Waals surface area contributed by atoms with Crippen molar-refractivity contribution in [2.45, 2.75) is 43.1 Å². The first-order valence-electron chi connectivity index (χ1n) is 10.2. The molecule has 2 aromatic heterocycles. The quantitative estimate of drug-likeness (QED) is 0.570. The molecule has 4 rings (SSSR count). The van der Waals surface area contributed by atoms with E-state index in [4.69, 9.17) is 16.3 Å². The second-order valence-electron chi connectivity index (χ2n) is 7.87. The lowest BCUT2D eigenvalue weighted by Gasteiger charge is -2.36. The van der Waals surface area contributed by atoms with E-state index >= 15 is 4.39 Å². The van der Waals surface area contributed by atoms with E-state index in [0.29, 0.717) is 0 Å². The molecule has 0 spiro atoms. The van der Waals surface area contributed by atoms with Gasteiger partial charge in [-0.1, -0.05) is 24.9 Å². The van der Waals surface area contributed by atoms with Gasteiger partial charge in [0.1, 0.15) is 33.9 Å². The van der Waals surface area contributed by atoms with Gasteiger partial charge < -0.3 is 4.74 Å². The van der Waals surface area contributed by atoms with E-state index in [-0.39, 0.29) is 34.5 Å². The van der Waals surface area contributed by atoms with Gasteiger partial charge in [0.05, 0.1) is 0 Å². The van der Waals surface area contributed by atoms with Crippen molar-refractivity contribution in [2.24, 2.45) is 13.0 Å². The summed E-state index contributed by atoms with van der Waals surface area (Å²) in [5, 5.41) is 3.88. The molecule has 0 unspecified atom stereocenters. The van der Waals surface area contributed by atoms with Crippen LogP contribution in [0.15, 0.2) is 47.9 Å². The summed E-state index contributed by atoms with van der Waals surface area (Å²) >= 11 is 6.24. The molecule has 1 aromatic carbocycles. The number of sulfonamides is 1. The third-order valence-corrected chi connectivity index (χ3v) is 7.48. The van der Waals surface area contributed by atoms with Crippen LogP contribution in [0.5, 0.6) is 5.75 Å². The molecule has 2 heterocycles. The molecule has 8 nitrogen and oxygen atoms in total. The van der Waals surface area contributed by atoms with Gasteiger partial charge in [0, 0.05) is 31.1 Å². The Morgan fingerprint density at radius 3 is 2.72 bits per heavy atom. The van der Waals surface area contributed by atoms with Gasteiger partial charge in [0.2, 0.25) is 0 Å². The minimum absolute atomic E-state index is 0.0194. The van der Waals surface area contributed by atoms with Crippen LogP contribution >= 0.6 is 11.6 Å². The summed E-state index contributed by atoms with van der Waals surface area (Å²) in [5.74, 6) is -0.688. The Balaban J connectivity index is 1.62. The van der Waals surface area contributed by atoms with Gasteiger partial charge in [-0.3, -0.25) is 9.40 Å². The van der Waals surface area contributed by atoms with Crippen molar-refractivity contribution < 1.29 is 17.5 Å². The molecule has 1 fully saturated rings. The highest BCUT2D eigenvalue weighted by molar-refractivity contribution is 7.92. The lowest BCUT2D eigenvalue weighted by Crippen LogP contribution is -2.36. The van der Waals surface area contributed by atoms with Crippen molar-refractivity contribution in [2.75, 3.05) is 4.72 Å². The number of benzene rings is 1. The fourth-order valence-electron chi connectivity index (χ4n) is 4.15. The lowest BCUT2D eigenvalue weighted by molar-refractivity contribution is 0.0769. The highest BCUT2D eigenvalue weighted by atomic mass is 35.5. The van der Waals surface area contributed by atoms with Gasteiger partial charge in [-0.2, -0.15) is 5.10 Å². The topological polar surface area (TPSA) is 99.0 Å². The summed E-state index contributed by atoms with van der Waals surface area (Å²) in [4.78, 5) is 6.93. The molecule has 3 atom stereocenters. The van der Waals surface area contributed by atoms with Crippen LogP contribution in [-0.2, 0) is 17.1 Å². The summed E-state index contributed by atoms with van der Waals surface area (Å²) in [7, 11) is -2.37. The Kier molecular flexibility index (Phi) is 6.34. The molecule has 0 radical (unpaired) electrons. The second-order valence-corrected chi connectivity index (χ2v) is 9.90. The van der Waals surface area contributed by atoms with E-state index in [9.17, 15) is 8.42 Å². The van der Waals surface area contributed by atoms with Crippen molar-refractivity contribution >= 4 is 27.4 Å². The summed E-state index contributed by atoms with van der Waals surface area (Å²) in [6.45, 7) is 2.09. The molecule has 0 bridgehead atoms. The van der Waals surface area contributed by atoms with E-state index in [0.717, 1.165) is 31.0 Å². The monoisotopic (exact) mass is 479 g/mol. The fourth-order valence-corrected chi connectivity index (χ4v) is 5.51. The number of anilines is 1. The van der Waals surface area contributed by atoms with Crippen LogP contribution in [0.3, 0.4) is 0 Å². The number of hydrogen-bond donors (Lipinski definition) is 1. The SMILES string of the molecule is C[C@@H]1CCC[C@H](c2ccnn2C)[C@H]1Oc1ccc(S(=O)(=O)Nc2ccncn2)c(F)c1Cl. The van der Waals surface area contributed by atoms with Gasteiger partial charge >= 0.3 is 0 Å². The zero-order valence-corrected chi connectivity index (χ0v) is 19.1. The highest BCUT2D eigenvalue weighted by Crippen LogP contribution is 2.41. The van der Waals surface area contributed by atoms with Crippen LogP contribution in [-0.4, -0.2) is 34.3 Å². The van der Waals surface area contributed by atoms with Crippen molar-refractivity contribution in [1.82, 2.24) is 19.7 Å². The molecule has 3 aromatic rings. The maximum atomic E-state index is 15.1. The molecule has 1 aliphatic carbocycles. The normalized spacial score (nSPS) is 21.3. The molecule has 0 amide bonds. The second kappa shape index (κ2) is 9.03. The molecule has 0 saturated heterocycles. The van der Waals surface area contributed by atoms with Crippen LogP contribution < -0.4 is 9.46 Å². The summed E-state index contributed by atoms with van der Waals surface area (Å²) < 4.78 is 50.6. The van der Waals surface area contributed by atoms with Crippen LogP contribution in [0, 0.1) is 11.7 Å². The third-order valence-electron chi connectivity index (χ3n) is 5.76. The number of aromatic nitrogens is 4. The van der Waals surface area contributed by atoms with Crippen LogP contribution in [0.25, 0.3) is 0 Å². The Labute approximate surface area is 190 Å². The third kappa shape index (κ3) is 4.42. The Morgan fingerprint density at radius 2 is 2.03 bits per heavy atom. The standard InChI is InChI=1S/C21H23ClFN5O3S/c1-13-4-3-5-14(15-8-11-26-28(15)2)21(13)31-16-6-7-17(20(23)19(16)22)32(29,30)27-18-9-10-24-12-25-18/h6-14,21H,3-5H2,1-2H3,(H,24,25,27)/t13-,14-,21+/m1/s1. The minimum atomic E-state index is -4.25. The van der Waals surface area contributed by atoms with E-state index in [1.54, 1.807) is 6.20 Å². The molecular formula is C21H23ClFN5O3S. The number of nitrogens with zero attached hydrogens (tertiary/aromatic N) is 4. The number of nitrogens with one attached hydrogen (secondary N) is 1. The van der Waals surface area contributed by atoms with Crippen LogP contribution in [0.1, 0.15) is 37.8 Å². The predicted molar refractivity (Wildman–Crippen MR) is 118 cm³/mol. The van der Waals surface area contributed by atoms with Crippen LogP contribution in [0.2, 0.25) is 5.02 Å². The summed E-state index contributed by atoms with van der Waals surface area (Å²) in [5.41, 5.74) is 1.03. The molecule has 32 heavy (non-hydrogen) atoms. The Morgan fingerprint density at radius 1 is 1.22 bits per heavy atom. The van der Waals surface area contributed by atoms with Gasteiger partial charge in [0.25, 0.3) is 10.0 Å². The largest absolute Gasteiger partial charge is 0.488 e. The van der Waals surface area contributed by atoms with Gasteiger partial charge in [-0.05, 0) is 43.0 Å². The molecule has 1 N–H and O–H groups in total. The molecule has 11 heteroatoms. The van der Waals surface area contributed by atoms with Gasteiger partial charge in [-0.15, -0.1) is 0 Å².